The molecule has 2 N–H and O–H groups in total. The number of allylic oxidation sites excluding steroid dienone is 1. The van der Waals surface area contributed by atoms with Crippen molar-refractivity contribution in [3.63, 3.8) is 0 Å². The van der Waals surface area contributed by atoms with Gasteiger partial charge in [0.15, 0.2) is 5.65 Å². The summed E-state index contributed by atoms with van der Waals surface area (Å²) in [4.78, 5) is 4.44. The summed E-state index contributed by atoms with van der Waals surface area (Å²) >= 11 is 0. The highest BCUT2D eigenvalue weighted by molar-refractivity contribution is 5.70. The molecular weight excluding hydrogens is 288 g/mol. The van der Waals surface area contributed by atoms with Crippen LogP contribution in [-0.4, -0.2) is 32.9 Å². The number of nitrogens with one attached hydrogen (secondary N) is 1. The van der Waals surface area contributed by atoms with Gasteiger partial charge in [-0.1, -0.05) is 24.3 Å². The first-order chi connectivity index (χ1) is 11.3. The van der Waals surface area contributed by atoms with Gasteiger partial charge in [-0.05, 0) is 42.2 Å². The van der Waals surface area contributed by atoms with Crippen LogP contribution >= 0.6 is 0 Å². The first-order valence-corrected chi connectivity index (χ1v) is 7.84. The minimum Gasteiger partial charge on any atom is -0.396 e. The number of aliphatic hydroxyl groups is 1. The van der Waals surface area contributed by atoms with Crippen LogP contribution < -0.4 is 5.32 Å². The third kappa shape index (κ3) is 2.59. The molecule has 3 aromatic rings. The largest absolute Gasteiger partial charge is 0.396 e. The lowest BCUT2D eigenvalue weighted by Gasteiger charge is -2.07. The van der Waals surface area contributed by atoms with Crippen molar-refractivity contribution in [3.8, 4) is 11.3 Å². The molecule has 2 aromatic heterocycles. The van der Waals surface area contributed by atoms with Gasteiger partial charge >= 0.3 is 0 Å². The van der Waals surface area contributed by atoms with E-state index in [0.29, 0.717) is 13.0 Å². The summed E-state index contributed by atoms with van der Waals surface area (Å²) in [5, 5.41) is 16.7. The van der Waals surface area contributed by atoms with Crippen molar-refractivity contribution in [2.45, 2.75) is 12.8 Å². The zero-order chi connectivity index (χ0) is 15.6. The predicted octanol–water partition coefficient (Wildman–Crippen LogP) is 2.76. The first kappa shape index (κ1) is 14.0. The number of rotatable bonds is 5. The molecular formula is C18H18N4O. The number of hydrogen-bond donors (Lipinski definition) is 2. The van der Waals surface area contributed by atoms with Crippen LogP contribution in [0.4, 0.5) is 5.82 Å². The van der Waals surface area contributed by atoms with Gasteiger partial charge in [-0.15, -0.1) is 5.10 Å². The summed E-state index contributed by atoms with van der Waals surface area (Å²) in [5.74, 6) is 0.784. The number of aromatic nitrogens is 3. The normalized spacial score (nSPS) is 12.7. The monoisotopic (exact) mass is 306 g/mol. The van der Waals surface area contributed by atoms with Crippen molar-refractivity contribution in [2.75, 3.05) is 18.5 Å². The van der Waals surface area contributed by atoms with E-state index in [1.54, 1.807) is 0 Å². The van der Waals surface area contributed by atoms with E-state index in [4.69, 9.17) is 5.11 Å². The molecule has 0 aliphatic heterocycles. The first-order valence-electron chi connectivity index (χ1n) is 7.84. The number of fused-ring (bicyclic) bond motifs is 2. The molecule has 2 heterocycles. The molecule has 0 saturated heterocycles. The molecule has 4 rings (SSSR count). The number of hydrogen-bond acceptors (Lipinski definition) is 4. The van der Waals surface area contributed by atoms with Gasteiger partial charge in [0, 0.05) is 18.7 Å². The van der Waals surface area contributed by atoms with Crippen LogP contribution in [0.5, 0.6) is 0 Å². The smallest absolute Gasteiger partial charge is 0.154 e. The van der Waals surface area contributed by atoms with E-state index >= 15 is 0 Å². The van der Waals surface area contributed by atoms with Gasteiger partial charge in [-0.3, -0.25) is 0 Å². The van der Waals surface area contributed by atoms with Gasteiger partial charge in [0.05, 0.1) is 11.9 Å². The fourth-order valence-electron chi connectivity index (χ4n) is 2.87. The van der Waals surface area contributed by atoms with E-state index in [1.807, 2.05) is 22.8 Å². The third-order valence-electron chi connectivity index (χ3n) is 4.08. The molecule has 0 spiro atoms. The van der Waals surface area contributed by atoms with E-state index in [9.17, 15) is 0 Å². The van der Waals surface area contributed by atoms with Crippen LogP contribution in [0, 0.1) is 0 Å². The quantitative estimate of drug-likeness (QED) is 0.712. The number of nitrogens with zero attached hydrogens (tertiary/aromatic N) is 3. The zero-order valence-electron chi connectivity index (χ0n) is 12.7. The number of imidazole rings is 1. The Labute approximate surface area is 134 Å². The Morgan fingerprint density at radius 1 is 1.22 bits per heavy atom. The lowest BCUT2D eigenvalue weighted by Crippen LogP contribution is -2.07. The maximum Gasteiger partial charge on any atom is 0.154 e. The number of aliphatic hydroxyl groups excluding tert-OH is 1. The van der Waals surface area contributed by atoms with Crippen LogP contribution in [0.25, 0.3) is 23.0 Å². The second-order valence-corrected chi connectivity index (χ2v) is 5.66. The van der Waals surface area contributed by atoms with Crippen LogP contribution in [0.15, 0.2) is 42.6 Å². The zero-order valence-corrected chi connectivity index (χ0v) is 12.7. The van der Waals surface area contributed by atoms with Gasteiger partial charge < -0.3 is 10.4 Å². The highest BCUT2D eigenvalue weighted by Crippen LogP contribution is 2.27. The van der Waals surface area contributed by atoms with Crippen LogP contribution in [-0.2, 0) is 6.42 Å². The van der Waals surface area contributed by atoms with E-state index in [2.05, 4.69) is 45.8 Å². The molecule has 1 aliphatic carbocycles. The number of anilines is 1. The summed E-state index contributed by atoms with van der Waals surface area (Å²) in [6.07, 6.45) is 7.93. The molecule has 23 heavy (non-hydrogen) atoms. The summed E-state index contributed by atoms with van der Waals surface area (Å²) in [5.41, 5.74) is 5.55. The average Bonchev–Trinajstić information content (AvgIpc) is 3.20. The maximum absolute atomic E-state index is 8.87. The Hall–Kier alpha value is -2.66. The Morgan fingerprint density at radius 3 is 3.09 bits per heavy atom. The average molecular weight is 306 g/mol. The Kier molecular flexibility index (Phi) is 3.55. The van der Waals surface area contributed by atoms with Crippen molar-refractivity contribution in [1.29, 1.82) is 0 Å². The van der Waals surface area contributed by atoms with Crippen LogP contribution in [0.1, 0.15) is 17.5 Å². The summed E-state index contributed by atoms with van der Waals surface area (Å²) < 4.78 is 1.86. The third-order valence-corrected chi connectivity index (χ3v) is 4.08. The Bertz CT molecular complexity index is 882. The van der Waals surface area contributed by atoms with Crippen LogP contribution in [0.3, 0.4) is 0 Å². The Morgan fingerprint density at radius 2 is 2.17 bits per heavy atom. The molecule has 116 valence electrons. The van der Waals surface area contributed by atoms with Gasteiger partial charge in [-0.25, -0.2) is 9.50 Å². The van der Waals surface area contributed by atoms with Gasteiger partial charge in [0.2, 0.25) is 0 Å². The second kappa shape index (κ2) is 5.85. The fourth-order valence-corrected chi connectivity index (χ4v) is 2.87. The Balaban J connectivity index is 1.72. The molecule has 1 aromatic carbocycles. The van der Waals surface area contributed by atoms with Crippen molar-refractivity contribution in [1.82, 2.24) is 14.6 Å². The predicted molar refractivity (Wildman–Crippen MR) is 91.4 cm³/mol. The minimum atomic E-state index is 0.175. The molecule has 0 atom stereocenters. The van der Waals surface area contributed by atoms with Crippen molar-refractivity contribution in [2.24, 2.45) is 0 Å². The van der Waals surface area contributed by atoms with Gasteiger partial charge in [-0.2, -0.15) is 0 Å². The van der Waals surface area contributed by atoms with Crippen molar-refractivity contribution >= 4 is 17.5 Å². The molecule has 5 heteroatoms. The number of benzene rings is 1. The summed E-state index contributed by atoms with van der Waals surface area (Å²) in [6.45, 7) is 0.872. The van der Waals surface area contributed by atoms with Gasteiger partial charge in [0.1, 0.15) is 5.82 Å². The molecule has 0 bridgehead atoms. The molecule has 0 amide bonds. The van der Waals surface area contributed by atoms with Gasteiger partial charge in [0.25, 0.3) is 0 Å². The lowest BCUT2D eigenvalue weighted by atomic mass is 10.0. The van der Waals surface area contributed by atoms with E-state index in [-0.39, 0.29) is 6.61 Å². The van der Waals surface area contributed by atoms with E-state index in [0.717, 1.165) is 29.1 Å². The standard InChI is InChI=1S/C18H18N4O/c23-10-2-9-19-17-7-8-18-20-12-16(22(18)21-17)15-6-5-13-3-1-4-14(13)11-15/h1,4-8,11-12,23H,2-3,9-10H2,(H,19,21). The summed E-state index contributed by atoms with van der Waals surface area (Å²) in [7, 11) is 0. The highest BCUT2D eigenvalue weighted by atomic mass is 16.3. The van der Waals surface area contributed by atoms with Crippen molar-refractivity contribution in [3.05, 3.63) is 53.7 Å². The fraction of sp³-hybridized carbons (Fsp3) is 0.222. The van der Waals surface area contributed by atoms with Crippen molar-refractivity contribution < 1.29 is 5.11 Å². The van der Waals surface area contributed by atoms with E-state index < -0.39 is 0 Å². The van der Waals surface area contributed by atoms with E-state index in [1.165, 1.54) is 11.1 Å². The molecule has 0 unspecified atom stereocenters. The molecule has 0 fully saturated rings. The molecule has 0 radical (unpaired) electrons. The lowest BCUT2D eigenvalue weighted by molar-refractivity contribution is 0.292. The topological polar surface area (TPSA) is 62.5 Å². The maximum atomic E-state index is 8.87. The second-order valence-electron chi connectivity index (χ2n) is 5.66. The minimum absolute atomic E-state index is 0.175. The summed E-state index contributed by atoms with van der Waals surface area (Å²) in [6, 6.07) is 10.4. The van der Waals surface area contributed by atoms with Crippen LogP contribution in [0.2, 0.25) is 0 Å². The molecule has 1 aliphatic rings. The highest BCUT2D eigenvalue weighted by Gasteiger charge is 2.11. The molecule has 0 saturated carbocycles. The molecule has 5 nitrogen and oxygen atoms in total. The SMILES string of the molecule is OCCCNc1ccc2ncc(-c3ccc4c(c3)C=CC4)n2n1.